The largest absolute Gasteiger partial charge is 0.492 e. The molecule has 0 bridgehead atoms. The summed E-state index contributed by atoms with van der Waals surface area (Å²) < 4.78 is 37.9. The molecule has 8 nitrogen and oxygen atoms in total. The van der Waals surface area contributed by atoms with Crippen LogP contribution in [0.3, 0.4) is 0 Å². The summed E-state index contributed by atoms with van der Waals surface area (Å²) in [7, 11) is -2.07. The molecule has 1 aromatic carbocycles. The highest BCUT2D eigenvalue weighted by atomic mass is 32.2. The van der Waals surface area contributed by atoms with Gasteiger partial charge in [-0.05, 0) is 32.2 Å². The Morgan fingerprint density at radius 3 is 2.67 bits per heavy atom. The second-order valence-electron chi connectivity index (χ2n) is 5.19. The number of morpholine rings is 1. The van der Waals surface area contributed by atoms with Crippen LogP contribution in [0.15, 0.2) is 23.1 Å². The van der Waals surface area contributed by atoms with E-state index in [0.29, 0.717) is 38.6 Å². The number of hydrogen-bond donors (Lipinski definition) is 2. The Morgan fingerprint density at radius 1 is 1.33 bits per heavy atom. The fourth-order valence-electron chi connectivity index (χ4n) is 2.35. The molecule has 0 radical (unpaired) electrons. The van der Waals surface area contributed by atoms with Crippen molar-refractivity contribution in [1.82, 2.24) is 9.62 Å². The van der Waals surface area contributed by atoms with Crippen LogP contribution in [0.1, 0.15) is 6.92 Å². The fraction of sp³-hybridized carbons (Fsp3) is 0.533. The van der Waals surface area contributed by atoms with Gasteiger partial charge in [0.2, 0.25) is 15.9 Å². The molecule has 1 aliphatic rings. The minimum absolute atomic E-state index is 0.0495. The first-order valence-corrected chi connectivity index (χ1v) is 9.22. The van der Waals surface area contributed by atoms with Crippen molar-refractivity contribution in [2.24, 2.45) is 0 Å². The Morgan fingerprint density at radius 2 is 2.04 bits per heavy atom. The van der Waals surface area contributed by atoms with Crippen molar-refractivity contribution in [3.8, 4) is 5.75 Å². The van der Waals surface area contributed by atoms with Gasteiger partial charge >= 0.3 is 0 Å². The lowest BCUT2D eigenvalue weighted by Crippen LogP contribution is -2.40. The van der Waals surface area contributed by atoms with E-state index in [1.54, 1.807) is 26.1 Å². The second kappa shape index (κ2) is 8.43. The number of amides is 1. The average molecular weight is 357 g/mol. The fourth-order valence-corrected chi connectivity index (χ4v) is 3.92. The average Bonchev–Trinajstić information content (AvgIpc) is 2.57. The molecular formula is C15H23N3O5S. The lowest BCUT2D eigenvalue weighted by molar-refractivity contribution is -0.115. The number of hydrogen-bond acceptors (Lipinski definition) is 6. The molecule has 0 saturated carbocycles. The zero-order valence-corrected chi connectivity index (χ0v) is 14.7. The number of anilines is 1. The third-order valence-electron chi connectivity index (χ3n) is 3.45. The molecule has 1 fully saturated rings. The first-order valence-electron chi connectivity index (χ1n) is 7.78. The number of sulfonamides is 1. The van der Waals surface area contributed by atoms with Crippen molar-refractivity contribution in [3.63, 3.8) is 0 Å². The molecule has 0 aliphatic carbocycles. The van der Waals surface area contributed by atoms with Gasteiger partial charge in [0, 0.05) is 18.8 Å². The van der Waals surface area contributed by atoms with E-state index in [1.165, 1.54) is 10.4 Å². The van der Waals surface area contributed by atoms with Gasteiger partial charge in [0.25, 0.3) is 0 Å². The van der Waals surface area contributed by atoms with Crippen molar-refractivity contribution in [2.75, 3.05) is 51.8 Å². The molecular weight excluding hydrogens is 334 g/mol. The lowest BCUT2D eigenvalue weighted by atomic mass is 10.3. The van der Waals surface area contributed by atoms with Gasteiger partial charge < -0.3 is 20.1 Å². The minimum atomic E-state index is -3.72. The smallest absolute Gasteiger partial charge is 0.246 e. The van der Waals surface area contributed by atoms with E-state index in [1.807, 2.05) is 0 Å². The number of benzene rings is 1. The lowest BCUT2D eigenvalue weighted by Gasteiger charge is -2.27. The number of ether oxygens (including phenoxy) is 2. The summed E-state index contributed by atoms with van der Waals surface area (Å²) in [5, 5.41) is 5.40. The van der Waals surface area contributed by atoms with Gasteiger partial charge in [-0.1, -0.05) is 0 Å². The van der Waals surface area contributed by atoms with Gasteiger partial charge in [-0.15, -0.1) is 0 Å². The number of nitrogens with zero attached hydrogens (tertiary/aromatic N) is 1. The van der Waals surface area contributed by atoms with E-state index in [-0.39, 0.29) is 23.1 Å². The maximum Gasteiger partial charge on any atom is 0.246 e. The predicted molar refractivity (Wildman–Crippen MR) is 89.7 cm³/mol. The summed E-state index contributed by atoms with van der Waals surface area (Å²) in [5.41, 5.74) is 0.408. The number of likely N-dealkylation sites (N-methyl/N-ethyl adjacent to an activating group) is 1. The van der Waals surface area contributed by atoms with E-state index in [0.717, 1.165) is 0 Å². The highest BCUT2D eigenvalue weighted by Crippen LogP contribution is 2.30. The van der Waals surface area contributed by atoms with Crippen molar-refractivity contribution in [3.05, 3.63) is 18.2 Å². The molecule has 2 N–H and O–H groups in total. The van der Waals surface area contributed by atoms with Gasteiger partial charge in [0.05, 0.1) is 26.4 Å². The molecule has 1 aliphatic heterocycles. The predicted octanol–water partition coefficient (Wildman–Crippen LogP) is 0.264. The molecule has 2 rings (SSSR count). The van der Waals surface area contributed by atoms with E-state index in [9.17, 15) is 13.2 Å². The minimum Gasteiger partial charge on any atom is -0.492 e. The zero-order valence-electron chi connectivity index (χ0n) is 13.9. The number of carbonyl (C=O) groups is 1. The summed E-state index contributed by atoms with van der Waals surface area (Å²) in [6.07, 6.45) is 0. The molecule has 0 unspecified atom stereocenters. The molecule has 1 aromatic rings. The van der Waals surface area contributed by atoms with Crippen LogP contribution in [0.4, 0.5) is 5.69 Å². The summed E-state index contributed by atoms with van der Waals surface area (Å²) in [6, 6.07) is 4.62. The van der Waals surface area contributed by atoms with Crippen LogP contribution >= 0.6 is 0 Å². The van der Waals surface area contributed by atoms with Crippen LogP contribution in [0.5, 0.6) is 5.75 Å². The maximum absolute atomic E-state index is 12.9. The molecule has 0 spiro atoms. The summed E-state index contributed by atoms with van der Waals surface area (Å²) >= 11 is 0. The molecule has 1 saturated heterocycles. The van der Waals surface area contributed by atoms with Crippen LogP contribution in [0.25, 0.3) is 0 Å². The van der Waals surface area contributed by atoms with Crippen LogP contribution in [0.2, 0.25) is 0 Å². The molecule has 1 heterocycles. The van der Waals surface area contributed by atoms with E-state index < -0.39 is 10.0 Å². The van der Waals surface area contributed by atoms with Crippen molar-refractivity contribution in [2.45, 2.75) is 11.8 Å². The Hall–Kier alpha value is -1.68. The van der Waals surface area contributed by atoms with Gasteiger partial charge in [-0.25, -0.2) is 8.42 Å². The zero-order chi connectivity index (χ0) is 17.6. The van der Waals surface area contributed by atoms with Crippen LogP contribution < -0.4 is 15.4 Å². The third kappa shape index (κ3) is 4.44. The summed E-state index contributed by atoms with van der Waals surface area (Å²) in [5.74, 6) is 0.0204. The van der Waals surface area contributed by atoms with Gasteiger partial charge in [0.1, 0.15) is 10.6 Å². The van der Waals surface area contributed by atoms with Crippen molar-refractivity contribution >= 4 is 21.6 Å². The highest BCUT2D eigenvalue weighted by molar-refractivity contribution is 7.89. The monoisotopic (exact) mass is 357 g/mol. The first-order chi connectivity index (χ1) is 11.5. The topological polar surface area (TPSA) is 97.0 Å². The Balaban J connectivity index is 2.35. The molecule has 1 amide bonds. The maximum atomic E-state index is 12.9. The highest BCUT2D eigenvalue weighted by Gasteiger charge is 2.29. The van der Waals surface area contributed by atoms with Crippen LogP contribution in [-0.2, 0) is 19.6 Å². The molecule has 24 heavy (non-hydrogen) atoms. The van der Waals surface area contributed by atoms with Crippen molar-refractivity contribution < 1.29 is 22.7 Å². The van der Waals surface area contributed by atoms with Gasteiger partial charge in [0.15, 0.2) is 0 Å². The number of nitrogens with one attached hydrogen (secondary N) is 2. The Bertz CT molecular complexity index is 672. The quantitative estimate of drug-likeness (QED) is 0.727. The first kappa shape index (κ1) is 18.7. The number of rotatable bonds is 7. The SMILES string of the molecule is CCOc1ccc(NC(=O)CNC)cc1S(=O)(=O)N1CCOCC1. The molecule has 134 valence electrons. The molecule has 0 aromatic heterocycles. The van der Waals surface area contributed by atoms with Gasteiger partial charge in [-0.2, -0.15) is 4.31 Å². The second-order valence-corrected chi connectivity index (χ2v) is 7.10. The van der Waals surface area contributed by atoms with Crippen molar-refractivity contribution in [1.29, 1.82) is 0 Å². The summed E-state index contributed by atoms with van der Waals surface area (Å²) in [6.45, 7) is 3.58. The van der Waals surface area contributed by atoms with Gasteiger partial charge in [-0.3, -0.25) is 4.79 Å². The normalized spacial score (nSPS) is 15.9. The van der Waals surface area contributed by atoms with Crippen LogP contribution in [-0.4, -0.2) is 65.1 Å². The van der Waals surface area contributed by atoms with E-state index in [4.69, 9.17) is 9.47 Å². The van der Waals surface area contributed by atoms with Crippen LogP contribution in [0, 0.1) is 0 Å². The van der Waals surface area contributed by atoms with E-state index >= 15 is 0 Å². The molecule has 0 atom stereocenters. The standard InChI is InChI=1S/C15H23N3O5S/c1-3-23-13-5-4-12(17-15(19)11-16-2)10-14(13)24(20,21)18-6-8-22-9-7-18/h4-5,10,16H,3,6-9,11H2,1-2H3,(H,17,19). The summed E-state index contributed by atoms with van der Waals surface area (Å²) in [4.78, 5) is 11.8. The number of carbonyl (C=O) groups excluding carboxylic acids is 1. The third-order valence-corrected chi connectivity index (χ3v) is 5.37. The molecule has 9 heteroatoms. The Labute approximate surface area is 142 Å². The van der Waals surface area contributed by atoms with E-state index in [2.05, 4.69) is 10.6 Å². The Kier molecular flexibility index (Phi) is 6.55.